The molecule has 0 saturated heterocycles. The standard InChI is InChI=1S/C24H29NO4/c1-19(18-28-12-3-4-13-29-24(27)15-20(2)26)14-21-7-9-22(10-8-21)16-23-6-5-11-25-17-23/h5-11,14,17H,3-4,12-13,15-16,18H2,1-2H3. The van der Waals surface area contributed by atoms with Crippen LogP contribution in [0.1, 0.15) is 49.8 Å². The fourth-order valence-electron chi connectivity index (χ4n) is 2.78. The van der Waals surface area contributed by atoms with Crippen molar-refractivity contribution in [2.24, 2.45) is 0 Å². The molecule has 5 nitrogen and oxygen atoms in total. The van der Waals surface area contributed by atoms with Crippen LogP contribution < -0.4 is 0 Å². The molecule has 0 saturated carbocycles. The van der Waals surface area contributed by atoms with Gasteiger partial charge in [-0.15, -0.1) is 0 Å². The summed E-state index contributed by atoms with van der Waals surface area (Å²) in [6, 6.07) is 12.5. The first-order valence-electron chi connectivity index (χ1n) is 9.91. The van der Waals surface area contributed by atoms with Crippen molar-refractivity contribution in [3.8, 4) is 0 Å². The normalized spacial score (nSPS) is 11.3. The van der Waals surface area contributed by atoms with Gasteiger partial charge < -0.3 is 9.47 Å². The summed E-state index contributed by atoms with van der Waals surface area (Å²) in [6.07, 6.45) is 8.07. The van der Waals surface area contributed by atoms with Gasteiger partial charge in [0, 0.05) is 19.0 Å². The summed E-state index contributed by atoms with van der Waals surface area (Å²) in [7, 11) is 0. The van der Waals surface area contributed by atoms with E-state index in [1.54, 1.807) is 6.20 Å². The Morgan fingerprint density at radius 1 is 1.00 bits per heavy atom. The van der Waals surface area contributed by atoms with Crippen molar-refractivity contribution in [2.45, 2.75) is 39.5 Å². The molecule has 0 fully saturated rings. The van der Waals surface area contributed by atoms with Gasteiger partial charge in [-0.3, -0.25) is 14.6 Å². The van der Waals surface area contributed by atoms with Crippen LogP contribution in [0.25, 0.3) is 6.08 Å². The molecule has 0 spiro atoms. The summed E-state index contributed by atoms with van der Waals surface area (Å²) >= 11 is 0. The number of carbonyl (C=O) groups is 2. The topological polar surface area (TPSA) is 65.5 Å². The van der Waals surface area contributed by atoms with E-state index in [-0.39, 0.29) is 12.2 Å². The highest BCUT2D eigenvalue weighted by Gasteiger charge is 2.05. The average molecular weight is 395 g/mol. The largest absolute Gasteiger partial charge is 0.465 e. The zero-order chi connectivity index (χ0) is 20.9. The van der Waals surface area contributed by atoms with Crippen LogP contribution in [0.3, 0.4) is 0 Å². The van der Waals surface area contributed by atoms with Crippen molar-refractivity contribution in [2.75, 3.05) is 19.8 Å². The van der Waals surface area contributed by atoms with Gasteiger partial charge in [0.25, 0.3) is 0 Å². The molecule has 2 rings (SSSR count). The Balaban J connectivity index is 1.63. The summed E-state index contributed by atoms with van der Waals surface area (Å²) in [4.78, 5) is 26.2. The van der Waals surface area contributed by atoms with Crippen LogP contribution in [-0.4, -0.2) is 36.6 Å². The van der Waals surface area contributed by atoms with Crippen molar-refractivity contribution in [3.63, 3.8) is 0 Å². The molecule has 0 aliphatic carbocycles. The van der Waals surface area contributed by atoms with E-state index in [1.165, 1.54) is 18.1 Å². The number of rotatable bonds is 12. The summed E-state index contributed by atoms with van der Waals surface area (Å²) in [5.74, 6) is -0.632. The van der Waals surface area contributed by atoms with Crippen LogP contribution in [0.4, 0.5) is 0 Å². The lowest BCUT2D eigenvalue weighted by atomic mass is 10.0. The smallest absolute Gasteiger partial charge is 0.313 e. The van der Waals surface area contributed by atoms with E-state index in [0.717, 1.165) is 30.4 Å². The Kier molecular flexibility index (Phi) is 9.80. The Hall–Kier alpha value is -2.79. The first kappa shape index (κ1) is 22.5. The fourth-order valence-corrected chi connectivity index (χ4v) is 2.78. The fraction of sp³-hybridized carbons (Fsp3) is 0.375. The number of unbranched alkanes of at least 4 members (excludes halogenated alkanes) is 1. The van der Waals surface area contributed by atoms with Crippen molar-refractivity contribution in [1.29, 1.82) is 0 Å². The number of esters is 1. The highest BCUT2D eigenvalue weighted by molar-refractivity contribution is 5.94. The zero-order valence-corrected chi connectivity index (χ0v) is 17.2. The van der Waals surface area contributed by atoms with Gasteiger partial charge in [0.1, 0.15) is 12.2 Å². The summed E-state index contributed by atoms with van der Waals surface area (Å²) < 4.78 is 10.6. The highest BCUT2D eigenvalue weighted by Crippen LogP contribution is 2.13. The molecular weight excluding hydrogens is 366 g/mol. The number of pyridine rings is 1. The van der Waals surface area contributed by atoms with Gasteiger partial charge in [0.15, 0.2) is 0 Å². The molecular formula is C24H29NO4. The number of benzene rings is 1. The molecule has 29 heavy (non-hydrogen) atoms. The number of hydrogen-bond donors (Lipinski definition) is 0. The average Bonchev–Trinajstić information content (AvgIpc) is 2.69. The van der Waals surface area contributed by atoms with Gasteiger partial charge in [-0.05, 0) is 61.4 Å². The van der Waals surface area contributed by atoms with Gasteiger partial charge in [0.05, 0.1) is 13.2 Å². The minimum Gasteiger partial charge on any atom is -0.465 e. The van der Waals surface area contributed by atoms with Gasteiger partial charge in [-0.2, -0.15) is 0 Å². The maximum Gasteiger partial charge on any atom is 0.313 e. The monoisotopic (exact) mass is 395 g/mol. The molecule has 0 amide bonds. The molecule has 2 aromatic rings. The predicted octanol–water partition coefficient (Wildman–Crippen LogP) is 4.39. The maximum atomic E-state index is 11.2. The lowest BCUT2D eigenvalue weighted by molar-refractivity contribution is -0.145. The van der Waals surface area contributed by atoms with E-state index in [4.69, 9.17) is 9.47 Å². The number of nitrogens with zero attached hydrogens (tertiary/aromatic N) is 1. The molecule has 1 aromatic carbocycles. The maximum absolute atomic E-state index is 11.2. The minimum atomic E-state index is -0.455. The third-order valence-corrected chi connectivity index (χ3v) is 4.19. The van der Waals surface area contributed by atoms with E-state index in [0.29, 0.717) is 19.8 Å². The van der Waals surface area contributed by atoms with Crippen LogP contribution >= 0.6 is 0 Å². The summed E-state index contributed by atoms with van der Waals surface area (Å²) in [5, 5.41) is 0. The predicted molar refractivity (Wildman–Crippen MR) is 113 cm³/mol. The SMILES string of the molecule is CC(=O)CC(=O)OCCCCOCC(C)=Cc1ccc(Cc2cccnc2)cc1. The van der Waals surface area contributed by atoms with Crippen LogP contribution in [0.15, 0.2) is 54.4 Å². The minimum absolute atomic E-state index is 0.148. The first-order valence-corrected chi connectivity index (χ1v) is 9.91. The number of aromatic nitrogens is 1. The van der Waals surface area contributed by atoms with E-state index in [9.17, 15) is 9.59 Å². The Bertz CT molecular complexity index is 797. The first-order chi connectivity index (χ1) is 14.0. The molecule has 0 unspecified atom stereocenters. The van der Waals surface area contributed by atoms with E-state index < -0.39 is 5.97 Å². The second-order valence-electron chi connectivity index (χ2n) is 7.13. The van der Waals surface area contributed by atoms with E-state index >= 15 is 0 Å². The molecule has 0 radical (unpaired) electrons. The lowest BCUT2D eigenvalue weighted by Crippen LogP contribution is -2.10. The summed E-state index contributed by atoms with van der Waals surface area (Å²) in [6.45, 7) is 4.94. The van der Waals surface area contributed by atoms with Crippen LogP contribution in [-0.2, 0) is 25.5 Å². The van der Waals surface area contributed by atoms with Crippen LogP contribution in [0.5, 0.6) is 0 Å². The number of hydrogen-bond acceptors (Lipinski definition) is 5. The number of carbonyl (C=O) groups excluding carboxylic acids is 2. The van der Waals surface area contributed by atoms with Gasteiger partial charge in [-0.25, -0.2) is 0 Å². The molecule has 0 atom stereocenters. The Labute approximate surface area is 172 Å². The number of Topliss-reactive ketones (excluding diaryl/α,β-unsaturated/α-hetero) is 1. The second kappa shape index (κ2) is 12.6. The van der Waals surface area contributed by atoms with Crippen molar-refractivity contribution < 1.29 is 19.1 Å². The second-order valence-corrected chi connectivity index (χ2v) is 7.13. The molecule has 0 aliphatic heterocycles. The van der Waals surface area contributed by atoms with Gasteiger partial charge in [-0.1, -0.05) is 36.4 Å². The van der Waals surface area contributed by atoms with E-state index in [2.05, 4.69) is 41.4 Å². The lowest BCUT2D eigenvalue weighted by Gasteiger charge is -2.06. The number of ether oxygens (including phenoxy) is 2. The Morgan fingerprint density at radius 3 is 2.45 bits per heavy atom. The van der Waals surface area contributed by atoms with Crippen molar-refractivity contribution in [1.82, 2.24) is 4.98 Å². The van der Waals surface area contributed by atoms with E-state index in [1.807, 2.05) is 19.2 Å². The third kappa shape index (κ3) is 9.81. The molecule has 154 valence electrons. The van der Waals surface area contributed by atoms with Crippen LogP contribution in [0, 0.1) is 0 Å². The van der Waals surface area contributed by atoms with Gasteiger partial charge >= 0.3 is 5.97 Å². The van der Waals surface area contributed by atoms with Crippen LogP contribution in [0.2, 0.25) is 0 Å². The molecule has 1 heterocycles. The quantitative estimate of drug-likeness (QED) is 0.303. The Morgan fingerprint density at radius 2 is 1.76 bits per heavy atom. The summed E-state index contributed by atoms with van der Waals surface area (Å²) in [5.41, 5.74) is 4.76. The molecule has 0 N–H and O–H groups in total. The number of ketones is 1. The highest BCUT2D eigenvalue weighted by atomic mass is 16.5. The molecule has 5 heteroatoms. The molecule has 1 aromatic heterocycles. The van der Waals surface area contributed by atoms with Crippen molar-refractivity contribution >= 4 is 17.8 Å². The molecule has 0 bridgehead atoms. The van der Waals surface area contributed by atoms with Crippen molar-refractivity contribution in [3.05, 3.63) is 71.1 Å². The zero-order valence-electron chi connectivity index (χ0n) is 17.2. The molecule has 0 aliphatic rings. The van der Waals surface area contributed by atoms with Gasteiger partial charge in [0.2, 0.25) is 0 Å². The third-order valence-electron chi connectivity index (χ3n) is 4.19.